The van der Waals surface area contributed by atoms with Gasteiger partial charge in [0.25, 0.3) is 5.24 Å². The quantitative estimate of drug-likeness (QED) is 0.481. The molecule has 1 aromatic rings. The maximum Gasteiger partial charge on any atom is 0.355 e. The molecule has 0 bridgehead atoms. The van der Waals surface area contributed by atoms with Gasteiger partial charge in [-0.05, 0) is 38.1 Å². The second-order valence-electron chi connectivity index (χ2n) is 4.72. The maximum atomic E-state index is 12.9. The topological polar surface area (TPSA) is 90.9 Å². The van der Waals surface area contributed by atoms with Crippen LogP contribution in [-0.4, -0.2) is 36.0 Å². The van der Waals surface area contributed by atoms with Crippen LogP contribution >= 0.6 is 19.4 Å². The van der Waals surface area contributed by atoms with E-state index in [-0.39, 0.29) is 26.4 Å². The highest BCUT2D eigenvalue weighted by Gasteiger charge is 2.44. The largest absolute Gasteiger partial charge is 0.465 e. The Bertz CT molecular complexity index is 588. The molecule has 1 unspecified atom stereocenters. The number of carbonyl (C=O) groups is 2. The van der Waals surface area contributed by atoms with Crippen LogP contribution < -0.4 is 5.32 Å². The van der Waals surface area contributed by atoms with Gasteiger partial charge in [0.1, 0.15) is 0 Å². The van der Waals surface area contributed by atoms with Gasteiger partial charge in [-0.3, -0.25) is 14.2 Å². The molecule has 0 saturated carbocycles. The normalized spacial score (nSPS) is 12.4. The van der Waals surface area contributed by atoms with Gasteiger partial charge in [0.15, 0.2) is 0 Å². The zero-order chi connectivity index (χ0) is 18.7. The summed E-state index contributed by atoms with van der Waals surface area (Å²) in [6.45, 7) is 5.44. The van der Waals surface area contributed by atoms with Crippen molar-refractivity contribution in [1.82, 2.24) is 5.32 Å². The molecular weight excluding hydrogens is 365 g/mol. The average molecular weight is 389 g/mol. The molecule has 0 aliphatic rings. The highest BCUT2D eigenvalue weighted by Crippen LogP contribution is 2.57. The highest BCUT2D eigenvalue weighted by molar-refractivity contribution is 8.18. The molecule has 0 aromatic heterocycles. The van der Waals surface area contributed by atoms with E-state index in [2.05, 4.69) is 5.32 Å². The summed E-state index contributed by atoms with van der Waals surface area (Å²) in [6.07, 6.45) is 0. The van der Waals surface area contributed by atoms with Crippen LogP contribution in [0.3, 0.4) is 0 Å². The van der Waals surface area contributed by atoms with Crippen molar-refractivity contribution in [2.24, 2.45) is 0 Å². The molecule has 140 valence electrons. The lowest BCUT2D eigenvalue weighted by Crippen LogP contribution is -2.28. The van der Waals surface area contributed by atoms with E-state index in [9.17, 15) is 14.2 Å². The van der Waals surface area contributed by atoms with Crippen LogP contribution in [0.4, 0.5) is 4.79 Å². The van der Waals surface area contributed by atoms with Crippen molar-refractivity contribution < 1.29 is 27.9 Å². The predicted octanol–water partition coefficient (Wildman–Crippen LogP) is 3.78. The van der Waals surface area contributed by atoms with E-state index in [1.807, 2.05) is 30.3 Å². The summed E-state index contributed by atoms with van der Waals surface area (Å²) in [6, 6.07) is 9.30. The molecule has 7 nitrogen and oxygen atoms in total. The van der Waals surface area contributed by atoms with E-state index in [0.717, 1.165) is 5.56 Å². The molecule has 9 heteroatoms. The van der Waals surface area contributed by atoms with Crippen molar-refractivity contribution in [3.8, 4) is 0 Å². The Hall–Kier alpha value is -1.34. The fourth-order valence-corrected chi connectivity index (χ4v) is 4.99. The van der Waals surface area contributed by atoms with E-state index < -0.39 is 23.8 Å². The number of rotatable bonds is 10. The minimum Gasteiger partial charge on any atom is -0.465 e. The monoisotopic (exact) mass is 389 g/mol. The molecule has 0 fully saturated rings. The first-order chi connectivity index (χ1) is 12.0. The third kappa shape index (κ3) is 7.20. The second-order valence-corrected chi connectivity index (χ2v) is 8.26. The zero-order valence-electron chi connectivity index (χ0n) is 14.6. The summed E-state index contributed by atoms with van der Waals surface area (Å²) in [5.41, 5.74) is 0.905. The van der Waals surface area contributed by atoms with Gasteiger partial charge in [-0.25, -0.2) is 0 Å². The fraction of sp³-hybridized carbons (Fsp3) is 0.500. The molecule has 1 aromatic carbocycles. The molecule has 1 amide bonds. The van der Waals surface area contributed by atoms with Crippen LogP contribution in [0, 0.1) is 0 Å². The standard InChI is InChI=1S/C16H24NO6PS/c1-4-21-14(18)15(24(20,22-5-2)23-6-3)25-16(19)17-12-13-10-8-7-9-11-13/h7-11,15H,4-6,12H2,1-3H3,(H,17,19). The minimum atomic E-state index is -3.84. The summed E-state index contributed by atoms with van der Waals surface area (Å²) < 4.78 is 28.2. The fourth-order valence-electron chi connectivity index (χ4n) is 1.90. The average Bonchev–Trinajstić information content (AvgIpc) is 2.59. The summed E-state index contributed by atoms with van der Waals surface area (Å²) >= 11 is 0.561. The van der Waals surface area contributed by atoms with Crippen LogP contribution in [-0.2, 0) is 29.7 Å². The van der Waals surface area contributed by atoms with Gasteiger partial charge < -0.3 is 19.1 Å². The number of ether oxygens (including phenoxy) is 1. The Morgan fingerprint density at radius 1 is 1.08 bits per heavy atom. The molecule has 0 spiro atoms. The molecule has 1 rings (SSSR count). The first-order valence-electron chi connectivity index (χ1n) is 8.00. The van der Waals surface area contributed by atoms with Crippen molar-refractivity contribution in [3.05, 3.63) is 35.9 Å². The van der Waals surface area contributed by atoms with Crippen LogP contribution in [0.5, 0.6) is 0 Å². The van der Waals surface area contributed by atoms with Crippen molar-refractivity contribution >= 4 is 30.6 Å². The van der Waals surface area contributed by atoms with E-state index in [1.165, 1.54) is 0 Å². The number of nitrogens with one attached hydrogen (secondary N) is 1. The smallest absolute Gasteiger partial charge is 0.355 e. The van der Waals surface area contributed by atoms with Crippen molar-refractivity contribution in [3.63, 3.8) is 0 Å². The molecular formula is C16H24NO6PS. The third-order valence-electron chi connectivity index (χ3n) is 2.89. The first kappa shape index (κ1) is 21.7. The van der Waals surface area contributed by atoms with Crippen LogP contribution in [0.15, 0.2) is 30.3 Å². The van der Waals surface area contributed by atoms with E-state index in [0.29, 0.717) is 11.8 Å². The van der Waals surface area contributed by atoms with Gasteiger partial charge in [-0.2, -0.15) is 0 Å². The number of carbonyl (C=O) groups excluding carboxylic acids is 2. The highest BCUT2D eigenvalue weighted by atomic mass is 32.2. The van der Waals surface area contributed by atoms with Gasteiger partial charge in [-0.15, -0.1) is 0 Å². The van der Waals surface area contributed by atoms with Gasteiger partial charge in [-0.1, -0.05) is 30.3 Å². The van der Waals surface area contributed by atoms with Crippen molar-refractivity contribution in [2.75, 3.05) is 19.8 Å². The summed E-state index contributed by atoms with van der Waals surface area (Å²) in [4.78, 5) is 23.0. The second kappa shape index (κ2) is 11.3. The van der Waals surface area contributed by atoms with Gasteiger partial charge in [0.2, 0.25) is 4.99 Å². The molecule has 0 aliphatic carbocycles. The summed E-state index contributed by atoms with van der Waals surface area (Å²) in [5.74, 6) is -0.799. The SMILES string of the molecule is CCOC(=O)C(SC(=O)NCc1ccccc1)P(=O)(OCC)OCC. The van der Waals surface area contributed by atoms with Crippen molar-refractivity contribution in [2.45, 2.75) is 32.3 Å². The van der Waals surface area contributed by atoms with Crippen LogP contribution in [0.2, 0.25) is 0 Å². The van der Waals surface area contributed by atoms with Crippen LogP contribution in [0.1, 0.15) is 26.3 Å². The molecule has 0 radical (unpaired) electrons. The lowest BCUT2D eigenvalue weighted by Gasteiger charge is -2.23. The number of hydrogen-bond acceptors (Lipinski definition) is 7. The number of benzene rings is 1. The Morgan fingerprint density at radius 2 is 1.68 bits per heavy atom. The van der Waals surface area contributed by atoms with E-state index in [1.54, 1.807) is 20.8 Å². The van der Waals surface area contributed by atoms with Gasteiger partial charge in [0, 0.05) is 6.54 Å². The zero-order valence-corrected chi connectivity index (χ0v) is 16.3. The van der Waals surface area contributed by atoms with Gasteiger partial charge in [0.05, 0.1) is 19.8 Å². The van der Waals surface area contributed by atoms with Gasteiger partial charge >= 0.3 is 13.6 Å². The lowest BCUT2D eigenvalue weighted by molar-refractivity contribution is -0.141. The molecule has 0 saturated heterocycles. The third-order valence-corrected chi connectivity index (χ3v) is 6.78. The molecule has 25 heavy (non-hydrogen) atoms. The molecule has 1 N–H and O–H groups in total. The van der Waals surface area contributed by atoms with E-state index >= 15 is 0 Å². The lowest BCUT2D eigenvalue weighted by atomic mass is 10.2. The Kier molecular flexibility index (Phi) is 9.82. The number of esters is 1. The number of thioether (sulfide) groups is 1. The van der Waals surface area contributed by atoms with Crippen molar-refractivity contribution in [1.29, 1.82) is 0 Å². The Balaban J connectivity index is 2.83. The molecule has 0 heterocycles. The maximum absolute atomic E-state index is 12.9. The van der Waals surface area contributed by atoms with E-state index in [4.69, 9.17) is 13.8 Å². The number of hydrogen-bond donors (Lipinski definition) is 1. The summed E-state index contributed by atoms with van der Waals surface area (Å²) in [7, 11) is -3.84. The van der Waals surface area contributed by atoms with Crippen LogP contribution in [0.25, 0.3) is 0 Å². The Morgan fingerprint density at radius 3 is 2.20 bits per heavy atom. The number of amides is 1. The molecule has 0 aliphatic heterocycles. The minimum absolute atomic E-state index is 0.0827. The summed E-state index contributed by atoms with van der Waals surface area (Å²) in [5, 5.41) is 2.15. The predicted molar refractivity (Wildman–Crippen MR) is 97.5 cm³/mol. The first-order valence-corrected chi connectivity index (χ1v) is 10.5. The molecule has 1 atom stereocenters. The Labute approximate surface area is 152 Å².